The van der Waals surface area contributed by atoms with Gasteiger partial charge in [-0.05, 0) is 26.3 Å². The number of carbonyl (C=O) groups is 2. The van der Waals surface area contributed by atoms with Gasteiger partial charge in [-0.1, -0.05) is 5.11 Å². The Labute approximate surface area is 92.2 Å². The number of amides is 1. The summed E-state index contributed by atoms with van der Waals surface area (Å²) in [6, 6.07) is -1.29. The summed E-state index contributed by atoms with van der Waals surface area (Å²) in [7, 11) is 0. The van der Waals surface area contributed by atoms with E-state index in [0.717, 1.165) is 0 Å². The molecule has 1 atom stereocenters. The van der Waals surface area contributed by atoms with Crippen molar-refractivity contribution in [1.82, 2.24) is 5.32 Å². The number of carboxylic acids is 1. The highest BCUT2D eigenvalue weighted by Gasteiger charge is 2.23. The summed E-state index contributed by atoms with van der Waals surface area (Å²) in [5, 5.41) is 13.8. The van der Waals surface area contributed by atoms with E-state index in [9.17, 15) is 9.59 Å². The number of carbonyl (C=O) groups excluding carboxylic acids is 1. The molecule has 90 valence electrons. The molecule has 0 aromatic carbocycles. The first-order valence-electron chi connectivity index (χ1n) is 4.49. The molecule has 0 aromatic heterocycles. The summed E-state index contributed by atoms with van der Waals surface area (Å²) >= 11 is 0. The van der Waals surface area contributed by atoms with Crippen LogP contribution in [0.25, 0.3) is 10.4 Å². The first-order chi connectivity index (χ1) is 7.26. The summed E-state index contributed by atoms with van der Waals surface area (Å²) in [4.78, 5) is 24.3. The van der Waals surface area contributed by atoms with Crippen LogP contribution in [0.1, 0.15) is 20.8 Å². The normalized spacial score (nSPS) is 12.2. The van der Waals surface area contributed by atoms with Crippen LogP contribution in [0.3, 0.4) is 0 Å². The second-order valence-electron chi connectivity index (χ2n) is 3.95. The topological polar surface area (TPSA) is 124 Å². The number of hydrogen-bond donors (Lipinski definition) is 2. The maximum absolute atomic E-state index is 11.2. The van der Waals surface area contributed by atoms with Gasteiger partial charge in [-0.3, -0.25) is 0 Å². The smallest absolute Gasteiger partial charge is 0.408 e. The quantitative estimate of drug-likeness (QED) is 0.428. The molecule has 2 N–H and O–H groups in total. The molecule has 0 unspecified atom stereocenters. The SMILES string of the molecule is CC(C)(C)OC(=O)N[C@H](CN=[N+]=[N-])C(=O)O. The van der Waals surface area contributed by atoms with Gasteiger partial charge in [0.1, 0.15) is 11.6 Å². The Kier molecular flexibility index (Phi) is 5.11. The number of azide groups is 1. The molecular weight excluding hydrogens is 216 g/mol. The van der Waals surface area contributed by atoms with Crippen LogP contribution in [0, 0.1) is 0 Å². The van der Waals surface area contributed by atoms with E-state index in [0.29, 0.717) is 0 Å². The van der Waals surface area contributed by atoms with Crippen LogP contribution in [0.2, 0.25) is 0 Å². The molecule has 0 saturated heterocycles. The van der Waals surface area contributed by atoms with Gasteiger partial charge in [0.2, 0.25) is 0 Å². The molecule has 0 bridgehead atoms. The third-order valence-corrected chi connectivity index (χ3v) is 1.32. The lowest BCUT2D eigenvalue weighted by Crippen LogP contribution is -2.45. The number of hydrogen-bond acceptors (Lipinski definition) is 4. The molecule has 0 spiro atoms. The van der Waals surface area contributed by atoms with E-state index < -0.39 is 23.7 Å². The fraction of sp³-hybridized carbons (Fsp3) is 0.750. The number of nitrogens with zero attached hydrogens (tertiary/aromatic N) is 3. The van der Waals surface area contributed by atoms with Crippen LogP contribution in [0.15, 0.2) is 5.11 Å². The van der Waals surface area contributed by atoms with E-state index >= 15 is 0 Å². The number of rotatable bonds is 4. The number of nitrogens with one attached hydrogen (secondary N) is 1. The zero-order valence-corrected chi connectivity index (χ0v) is 9.30. The lowest BCUT2D eigenvalue weighted by molar-refractivity contribution is -0.139. The van der Waals surface area contributed by atoms with E-state index in [1.165, 1.54) is 0 Å². The van der Waals surface area contributed by atoms with Gasteiger partial charge in [-0.2, -0.15) is 0 Å². The Bertz CT molecular complexity index is 316. The monoisotopic (exact) mass is 230 g/mol. The molecule has 0 saturated carbocycles. The molecule has 8 nitrogen and oxygen atoms in total. The Hall–Kier alpha value is -1.95. The van der Waals surface area contributed by atoms with Crippen LogP contribution in [-0.4, -0.2) is 35.4 Å². The third-order valence-electron chi connectivity index (χ3n) is 1.32. The van der Waals surface area contributed by atoms with Gasteiger partial charge in [0, 0.05) is 4.91 Å². The number of ether oxygens (including phenoxy) is 1. The molecule has 0 rings (SSSR count). The zero-order chi connectivity index (χ0) is 12.8. The van der Waals surface area contributed by atoms with Gasteiger partial charge in [-0.15, -0.1) is 0 Å². The lowest BCUT2D eigenvalue weighted by atomic mass is 10.2. The van der Waals surface area contributed by atoms with Crippen molar-refractivity contribution in [2.45, 2.75) is 32.4 Å². The Morgan fingerprint density at radius 2 is 2.12 bits per heavy atom. The predicted molar refractivity (Wildman–Crippen MR) is 54.8 cm³/mol. The molecule has 16 heavy (non-hydrogen) atoms. The lowest BCUT2D eigenvalue weighted by Gasteiger charge is -2.21. The van der Waals surface area contributed by atoms with Crippen molar-refractivity contribution in [1.29, 1.82) is 0 Å². The van der Waals surface area contributed by atoms with Gasteiger partial charge in [0.15, 0.2) is 0 Å². The molecule has 0 aromatic rings. The Balaban J connectivity index is 4.35. The summed E-state index contributed by atoms with van der Waals surface area (Å²) in [5.74, 6) is -1.29. The molecular formula is C8H14N4O4. The number of alkyl carbamates (subject to hydrolysis) is 1. The van der Waals surface area contributed by atoms with Crippen LogP contribution in [0.4, 0.5) is 4.79 Å². The van der Waals surface area contributed by atoms with Crippen molar-refractivity contribution in [2.24, 2.45) is 5.11 Å². The largest absolute Gasteiger partial charge is 0.480 e. The number of carboxylic acid groups (broad SMARTS) is 1. The van der Waals surface area contributed by atoms with E-state index in [1.54, 1.807) is 20.8 Å². The van der Waals surface area contributed by atoms with E-state index in [1.807, 2.05) is 0 Å². The third kappa shape index (κ3) is 6.50. The first kappa shape index (κ1) is 14.1. The standard InChI is InChI=1S/C8H14N4O4/c1-8(2,3)16-7(15)11-5(6(13)14)4-10-12-9/h5H,4H2,1-3H3,(H,11,15)(H,13,14)/t5-/m1/s1. The summed E-state index contributed by atoms with van der Waals surface area (Å²) < 4.78 is 4.85. The first-order valence-corrected chi connectivity index (χ1v) is 4.49. The molecule has 0 radical (unpaired) electrons. The predicted octanol–water partition coefficient (Wildman–Crippen LogP) is 1.27. The average molecular weight is 230 g/mol. The summed E-state index contributed by atoms with van der Waals surface area (Å²) in [6.45, 7) is 4.58. The highest BCUT2D eigenvalue weighted by Crippen LogP contribution is 2.06. The van der Waals surface area contributed by atoms with E-state index in [2.05, 4.69) is 15.3 Å². The Morgan fingerprint density at radius 1 is 1.56 bits per heavy atom. The average Bonchev–Trinajstić information content (AvgIpc) is 2.08. The highest BCUT2D eigenvalue weighted by atomic mass is 16.6. The van der Waals surface area contributed by atoms with Crippen molar-refractivity contribution >= 4 is 12.1 Å². The summed E-state index contributed by atoms with van der Waals surface area (Å²) in [6.07, 6.45) is -0.868. The highest BCUT2D eigenvalue weighted by molar-refractivity contribution is 5.80. The van der Waals surface area contributed by atoms with Gasteiger partial charge in [0.05, 0.1) is 6.54 Å². The van der Waals surface area contributed by atoms with Gasteiger partial charge >= 0.3 is 12.1 Å². The maximum atomic E-state index is 11.2. The van der Waals surface area contributed by atoms with E-state index in [4.69, 9.17) is 15.4 Å². The van der Waals surface area contributed by atoms with Crippen LogP contribution < -0.4 is 5.32 Å². The van der Waals surface area contributed by atoms with Gasteiger partial charge in [-0.25, -0.2) is 9.59 Å². The van der Waals surface area contributed by atoms with Crippen molar-refractivity contribution < 1.29 is 19.4 Å². The Morgan fingerprint density at radius 3 is 2.50 bits per heavy atom. The van der Waals surface area contributed by atoms with Crippen molar-refractivity contribution in [3.05, 3.63) is 10.4 Å². The van der Waals surface area contributed by atoms with Crippen LogP contribution in [-0.2, 0) is 9.53 Å². The molecule has 0 heterocycles. The molecule has 1 amide bonds. The van der Waals surface area contributed by atoms with Crippen molar-refractivity contribution in [2.75, 3.05) is 6.54 Å². The van der Waals surface area contributed by atoms with Gasteiger partial charge < -0.3 is 15.2 Å². The molecule has 8 heteroatoms. The minimum absolute atomic E-state index is 0.370. The van der Waals surface area contributed by atoms with Gasteiger partial charge in [0.25, 0.3) is 0 Å². The number of aliphatic carboxylic acids is 1. The van der Waals surface area contributed by atoms with Crippen molar-refractivity contribution in [3.8, 4) is 0 Å². The minimum atomic E-state index is -1.29. The maximum Gasteiger partial charge on any atom is 0.408 e. The molecule has 0 fully saturated rings. The minimum Gasteiger partial charge on any atom is -0.480 e. The fourth-order valence-corrected chi connectivity index (χ4v) is 0.753. The zero-order valence-electron chi connectivity index (χ0n) is 9.30. The molecule has 0 aliphatic heterocycles. The van der Waals surface area contributed by atoms with Crippen LogP contribution in [0.5, 0.6) is 0 Å². The van der Waals surface area contributed by atoms with E-state index in [-0.39, 0.29) is 6.54 Å². The second-order valence-corrected chi connectivity index (χ2v) is 3.95. The molecule has 0 aliphatic rings. The van der Waals surface area contributed by atoms with Crippen molar-refractivity contribution in [3.63, 3.8) is 0 Å². The second kappa shape index (κ2) is 5.82. The molecule has 0 aliphatic carbocycles. The van der Waals surface area contributed by atoms with Crippen LogP contribution >= 0.6 is 0 Å². The fourth-order valence-electron chi connectivity index (χ4n) is 0.753. The summed E-state index contributed by atoms with van der Waals surface area (Å²) in [5.41, 5.74) is 7.32.